The molecule has 1 aromatic rings. The molecule has 2 N–H and O–H groups in total. The number of piperazine rings is 1. The Morgan fingerprint density at radius 1 is 0.683 bits per heavy atom. The fourth-order valence-electron chi connectivity index (χ4n) is 5.40. The zero-order valence-corrected chi connectivity index (χ0v) is 26.0. The van der Waals surface area contributed by atoms with Crippen LogP contribution in [0.25, 0.3) is 0 Å². The highest BCUT2D eigenvalue weighted by molar-refractivity contribution is 5.97. The van der Waals surface area contributed by atoms with Crippen molar-refractivity contribution in [2.75, 3.05) is 26.2 Å². The van der Waals surface area contributed by atoms with Crippen molar-refractivity contribution in [3.8, 4) is 0 Å². The molecule has 0 bridgehead atoms. The van der Waals surface area contributed by atoms with Crippen molar-refractivity contribution < 1.29 is 19.1 Å². The monoisotopic (exact) mass is 571 g/mol. The van der Waals surface area contributed by atoms with E-state index in [-0.39, 0.29) is 30.9 Å². The number of carbonyl (C=O) groups excluding carboxylic acids is 3. The summed E-state index contributed by atoms with van der Waals surface area (Å²) in [5.41, 5.74) is 0.978. The molecule has 1 fully saturated rings. The van der Waals surface area contributed by atoms with Gasteiger partial charge >= 0.3 is 5.97 Å². The SMILES string of the molecule is CCCCCCCCCCN(CCCCCCCCCC)CC(=O)OC[C@@H]1NC(=O)[C@H](Cc2ccccc2)NC1=O. The molecule has 0 unspecified atom stereocenters. The van der Waals surface area contributed by atoms with Crippen LogP contribution in [0.4, 0.5) is 0 Å². The van der Waals surface area contributed by atoms with E-state index in [2.05, 4.69) is 29.4 Å². The molecule has 0 radical (unpaired) electrons. The number of nitrogens with one attached hydrogen (secondary N) is 2. The summed E-state index contributed by atoms with van der Waals surface area (Å²) in [6, 6.07) is 8.12. The van der Waals surface area contributed by atoms with Crippen LogP contribution in [0.15, 0.2) is 30.3 Å². The fraction of sp³-hybridized carbons (Fsp3) is 0.735. The van der Waals surface area contributed by atoms with Gasteiger partial charge in [0.1, 0.15) is 18.7 Å². The third kappa shape index (κ3) is 16.0. The van der Waals surface area contributed by atoms with E-state index >= 15 is 0 Å². The van der Waals surface area contributed by atoms with E-state index in [1.54, 1.807) is 0 Å². The lowest BCUT2D eigenvalue weighted by atomic mass is 10.0. The third-order valence-electron chi connectivity index (χ3n) is 7.97. The normalized spacial score (nSPS) is 17.0. The number of carbonyl (C=O) groups is 3. The Kier molecular flexibility index (Phi) is 18.9. The molecular formula is C34H57N3O4. The van der Waals surface area contributed by atoms with Crippen LogP contribution < -0.4 is 10.6 Å². The zero-order chi connectivity index (χ0) is 29.5. The van der Waals surface area contributed by atoms with Gasteiger partial charge in [-0.05, 0) is 31.5 Å². The van der Waals surface area contributed by atoms with Gasteiger partial charge in [-0.3, -0.25) is 19.3 Å². The molecule has 1 aliphatic heterocycles. The summed E-state index contributed by atoms with van der Waals surface area (Å²) in [6.45, 7) is 6.36. The second-order valence-corrected chi connectivity index (χ2v) is 11.7. The number of hydrogen-bond acceptors (Lipinski definition) is 5. The van der Waals surface area contributed by atoms with E-state index in [9.17, 15) is 14.4 Å². The van der Waals surface area contributed by atoms with Crippen molar-refractivity contribution in [2.45, 2.75) is 135 Å². The smallest absolute Gasteiger partial charge is 0.320 e. The summed E-state index contributed by atoms with van der Waals surface area (Å²) in [4.78, 5) is 40.2. The standard InChI is InChI=1S/C34H57N3O4/c1-3-5-7-9-11-13-15-20-24-37(25-21-16-14-12-10-8-6-4-2)27-32(38)41-28-31-34(40)35-30(33(39)36-31)26-29-22-18-17-19-23-29/h17-19,22-23,30-31H,3-16,20-21,24-28H2,1-2H3,(H,35,40)(H,36,39)/t30-,31-/m0/s1. The highest BCUT2D eigenvalue weighted by Gasteiger charge is 2.34. The van der Waals surface area contributed by atoms with Gasteiger partial charge in [-0.2, -0.15) is 0 Å². The molecule has 0 saturated carbocycles. The molecule has 2 amide bonds. The second kappa shape index (κ2) is 22.2. The molecule has 1 heterocycles. The minimum absolute atomic E-state index is 0.141. The van der Waals surface area contributed by atoms with Crippen LogP contribution in [0, 0.1) is 0 Å². The average molecular weight is 572 g/mol. The number of hydrogen-bond donors (Lipinski definition) is 2. The third-order valence-corrected chi connectivity index (χ3v) is 7.97. The number of ether oxygens (including phenoxy) is 1. The first-order valence-electron chi connectivity index (χ1n) is 16.6. The van der Waals surface area contributed by atoms with Gasteiger partial charge in [-0.25, -0.2) is 0 Å². The molecule has 1 saturated heterocycles. The maximum Gasteiger partial charge on any atom is 0.320 e. The van der Waals surface area contributed by atoms with Crippen molar-refractivity contribution in [1.29, 1.82) is 0 Å². The van der Waals surface area contributed by atoms with E-state index in [4.69, 9.17) is 4.74 Å². The molecule has 232 valence electrons. The molecule has 0 aromatic heterocycles. The number of unbranched alkanes of at least 4 members (excludes halogenated alkanes) is 14. The summed E-state index contributed by atoms with van der Waals surface area (Å²) in [5.74, 6) is -0.897. The van der Waals surface area contributed by atoms with Gasteiger partial charge in [0.2, 0.25) is 11.8 Å². The topological polar surface area (TPSA) is 87.7 Å². The van der Waals surface area contributed by atoms with Gasteiger partial charge in [0, 0.05) is 6.42 Å². The average Bonchev–Trinajstić information content (AvgIpc) is 2.97. The van der Waals surface area contributed by atoms with Crippen LogP contribution >= 0.6 is 0 Å². The maximum atomic E-state index is 12.8. The van der Waals surface area contributed by atoms with Crippen LogP contribution in [0.1, 0.15) is 122 Å². The lowest BCUT2D eigenvalue weighted by Gasteiger charge is -2.29. The van der Waals surface area contributed by atoms with Crippen molar-refractivity contribution in [2.24, 2.45) is 0 Å². The van der Waals surface area contributed by atoms with E-state index in [0.717, 1.165) is 31.5 Å². The number of rotatable bonds is 24. The maximum absolute atomic E-state index is 12.8. The molecule has 0 spiro atoms. The van der Waals surface area contributed by atoms with Crippen molar-refractivity contribution in [3.05, 3.63) is 35.9 Å². The fourth-order valence-corrected chi connectivity index (χ4v) is 5.40. The molecule has 2 atom stereocenters. The molecule has 41 heavy (non-hydrogen) atoms. The Morgan fingerprint density at radius 3 is 1.68 bits per heavy atom. The number of esters is 1. The minimum Gasteiger partial charge on any atom is -0.462 e. The predicted molar refractivity (Wildman–Crippen MR) is 167 cm³/mol. The summed E-state index contributed by atoms with van der Waals surface area (Å²) in [7, 11) is 0. The molecule has 0 aliphatic carbocycles. The Labute approximate surface area is 249 Å². The zero-order valence-electron chi connectivity index (χ0n) is 26.0. The summed E-state index contributed by atoms with van der Waals surface area (Å²) >= 11 is 0. The molecule has 7 heteroatoms. The summed E-state index contributed by atoms with van der Waals surface area (Å²) in [6.07, 6.45) is 20.6. The first-order valence-corrected chi connectivity index (χ1v) is 16.6. The van der Waals surface area contributed by atoms with E-state index in [1.165, 1.54) is 89.9 Å². The Hall–Kier alpha value is -2.41. The Morgan fingerprint density at radius 2 is 1.15 bits per heavy atom. The quantitative estimate of drug-likeness (QED) is 0.112. The summed E-state index contributed by atoms with van der Waals surface area (Å²) in [5, 5.41) is 5.52. The molecule has 1 aliphatic rings. The van der Waals surface area contributed by atoms with Gasteiger partial charge in [-0.1, -0.05) is 134 Å². The lowest BCUT2D eigenvalue weighted by molar-refractivity contribution is -0.149. The number of amides is 2. The van der Waals surface area contributed by atoms with Gasteiger partial charge in [0.05, 0.1) is 6.54 Å². The van der Waals surface area contributed by atoms with Gasteiger partial charge in [-0.15, -0.1) is 0 Å². The Balaban J connectivity index is 1.72. The number of nitrogens with zero attached hydrogens (tertiary/aromatic N) is 1. The van der Waals surface area contributed by atoms with Gasteiger partial charge in [0.15, 0.2) is 0 Å². The highest BCUT2D eigenvalue weighted by Crippen LogP contribution is 2.12. The molecule has 2 rings (SSSR count). The highest BCUT2D eigenvalue weighted by atomic mass is 16.5. The largest absolute Gasteiger partial charge is 0.462 e. The van der Waals surface area contributed by atoms with Crippen LogP contribution in [-0.2, 0) is 25.5 Å². The second-order valence-electron chi connectivity index (χ2n) is 11.7. The van der Waals surface area contributed by atoms with Crippen LogP contribution in [0.3, 0.4) is 0 Å². The van der Waals surface area contributed by atoms with E-state index < -0.39 is 12.1 Å². The van der Waals surface area contributed by atoms with E-state index in [1.807, 2.05) is 30.3 Å². The number of benzene rings is 1. The van der Waals surface area contributed by atoms with Crippen LogP contribution in [0.5, 0.6) is 0 Å². The van der Waals surface area contributed by atoms with Crippen molar-refractivity contribution >= 4 is 17.8 Å². The van der Waals surface area contributed by atoms with Crippen molar-refractivity contribution in [1.82, 2.24) is 15.5 Å². The van der Waals surface area contributed by atoms with Crippen molar-refractivity contribution in [3.63, 3.8) is 0 Å². The Bertz CT molecular complexity index is 828. The first-order chi connectivity index (χ1) is 20.0. The lowest BCUT2D eigenvalue weighted by Crippen LogP contribution is -2.63. The van der Waals surface area contributed by atoms with E-state index in [0.29, 0.717) is 6.42 Å². The molecule has 1 aromatic carbocycles. The van der Waals surface area contributed by atoms with Crippen LogP contribution in [-0.4, -0.2) is 61.0 Å². The minimum atomic E-state index is -0.854. The molecular weight excluding hydrogens is 514 g/mol. The van der Waals surface area contributed by atoms with Gasteiger partial charge in [0.25, 0.3) is 0 Å². The van der Waals surface area contributed by atoms with Gasteiger partial charge < -0.3 is 15.4 Å². The predicted octanol–water partition coefficient (Wildman–Crippen LogP) is 6.34. The molecule has 7 nitrogen and oxygen atoms in total. The van der Waals surface area contributed by atoms with Crippen LogP contribution in [0.2, 0.25) is 0 Å². The summed E-state index contributed by atoms with van der Waals surface area (Å²) < 4.78 is 5.49. The first kappa shape index (κ1) is 34.8.